The van der Waals surface area contributed by atoms with Crippen molar-refractivity contribution in [2.24, 2.45) is 0 Å². The van der Waals surface area contributed by atoms with E-state index in [9.17, 15) is 28.1 Å². The number of anilines is 4. The number of ether oxygens (including phenoxy) is 1. The van der Waals surface area contributed by atoms with Crippen molar-refractivity contribution in [2.45, 2.75) is 6.18 Å². The van der Waals surface area contributed by atoms with Crippen LogP contribution >= 0.6 is 11.6 Å². The normalized spacial score (nSPS) is 11.0. The number of aromatic nitrogens is 2. The van der Waals surface area contributed by atoms with Gasteiger partial charge in [-0.2, -0.15) is 13.2 Å². The fraction of sp³-hybridized carbons (Fsp3) is 0.105. The predicted octanol–water partition coefficient (Wildman–Crippen LogP) is 5.33. The van der Waals surface area contributed by atoms with Crippen LogP contribution in [0.15, 0.2) is 48.8 Å². The third-order valence-electron chi connectivity index (χ3n) is 4.12. The van der Waals surface area contributed by atoms with E-state index in [-0.39, 0.29) is 28.6 Å². The molecule has 32 heavy (non-hydrogen) atoms. The Kier molecular flexibility index (Phi) is 6.44. The SMILES string of the molecule is COC(=O)c1ccccc1Nc1ncnc(Nc2ccc(Cl)c(C(F)(F)F)c2)c1[N+](=O)[O-]. The Morgan fingerprint density at radius 3 is 2.41 bits per heavy atom. The number of hydrogen-bond donors (Lipinski definition) is 2. The lowest BCUT2D eigenvalue weighted by atomic mass is 10.1. The minimum atomic E-state index is -4.73. The Morgan fingerprint density at radius 1 is 1.12 bits per heavy atom. The summed E-state index contributed by atoms with van der Waals surface area (Å²) in [6.45, 7) is 0. The lowest BCUT2D eigenvalue weighted by molar-refractivity contribution is -0.383. The molecule has 0 unspecified atom stereocenters. The van der Waals surface area contributed by atoms with Gasteiger partial charge in [0, 0.05) is 5.69 Å². The lowest BCUT2D eigenvalue weighted by Gasteiger charge is -2.14. The monoisotopic (exact) mass is 467 g/mol. The summed E-state index contributed by atoms with van der Waals surface area (Å²) in [5, 5.41) is 16.4. The molecule has 0 aliphatic carbocycles. The lowest BCUT2D eigenvalue weighted by Crippen LogP contribution is -2.09. The van der Waals surface area contributed by atoms with Crippen LogP contribution in [0.5, 0.6) is 0 Å². The molecule has 0 radical (unpaired) electrons. The minimum absolute atomic E-state index is 0.0879. The van der Waals surface area contributed by atoms with Crippen LogP contribution in [0.25, 0.3) is 0 Å². The van der Waals surface area contributed by atoms with Gasteiger partial charge in [0.25, 0.3) is 0 Å². The van der Waals surface area contributed by atoms with E-state index in [1.54, 1.807) is 12.1 Å². The highest BCUT2D eigenvalue weighted by Gasteiger charge is 2.33. The van der Waals surface area contributed by atoms with Gasteiger partial charge in [0.1, 0.15) is 6.33 Å². The number of nitrogens with zero attached hydrogens (tertiary/aromatic N) is 3. The van der Waals surface area contributed by atoms with Crippen LogP contribution in [-0.2, 0) is 10.9 Å². The van der Waals surface area contributed by atoms with Gasteiger partial charge in [-0.3, -0.25) is 10.1 Å². The van der Waals surface area contributed by atoms with Gasteiger partial charge in [0.2, 0.25) is 11.6 Å². The third-order valence-corrected chi connectivity index (χ3v) is 4.45. The van der Waals surface area contributed by atoms with Crippen molar-refractivity contribution in [2.75, 3.05) is 17.7 Å². The maximum atomic E-state index is 13.1. The van der Waals surface area contributed by atoms with E-state index in [1.165, 1.54) is 25.3 Å². The molecule has 13 heteroatoms. The van der Waals surface area contributed by atoms with E-state index in [1.807, 2.05) is 0 Å². The molecule has 166 valence electrons. The number of esters is 1. The molecule has 1 heterocycles. The number of nitrogens with one attached hydrogen (secondary N) is 2. The molecule has 0 aliphatic heterocycles. The first kappa shape index (κ1) is 22.7. The van der Waals surface area contributed by atoms with Crippen LogP contribution in [0.1, 0.15) is 15.9 Å². The molecule has 0 fully saturated rings. The second-order valence-electron chi connectivity index (χ2n) is 6.16. The average Bonchev–Trinajstić information content (AvgIpc) is 2.74. The zero-order chi connectivity index (χ0) is 23.5. The third kappa shape index (κ3) is 4.86. The van der Waals surface area contributed by atoms with Crippen molar-refractivity contribution < 1.29 is 27.6 Å². The van der Waals surface area contributed by atoms with Crippen molar-refractivity contribution in [1.29, 1.82) is 0 Å². The number of methoxy groups -OCH3 is 1. The van der Waals surface area contributed by atoms with E-state index in [0.717, 1.165) is 12.4 Å². The van der Waals surface area contributed by atoms with Crippen molar-refractivity contribution in [3.05, 3.63) is 75.1 Å². The molecule has 3 aromatic rings. The molecule has 0 spiro atoms. The van der Waals surface area contributed by atoms with Gasteiger partial charge in [-0.25, -0.2) is 14.8 Å². The summed E-state index contributed by atoms with van der Waals surface area (Å²) in [6.07, 6.45) is -3.75. The minimum Gasteiger partial charge on any atom is -0.465 e. The van der Waals surface area contributed by atoms with E-state index in [4.69, 9.17) is 11.6 Å². The molecule has 0 amide bonds. The van der Waals surface area contributed by atoms with E-state index < -0.39 is 33.3 Å². The standard InChI is InChI=1S/C19H13ClF3N5O4/c1-32-18(29)11-4-2-3-5-14(11)27-17-15(28(30)31)16(24-9-25-17)26-10-6-7-13(20)12(8-10)19(21,22)23/h2-9H,1H3,(H2,24,25,26,27). The van der Waals surface area contributed by atoms with Gasteiger partial charge in [0.15, 0.2) is 0 Å². The highest BCUT2D eigenvalue weighted by atomic mass is 35.5. The summed E-state index contributed by atoms with van der Waals surface area (Å²) < 4.78 is 44.0. The molecule has 3 rings (SSSR count). The van der Waals surface area contributed by atoms with Crippen molar-refractivity contribution in [3.8, 4) is 0 Å². The number of carbonyl (C=O) groups is 1. The first-order valence-electron chi connectivity index (χ1n) is 8.69. The largest absolute Gasteiger partial charge is 0.465 e. The first-order valence-corrected chi connectivity index (χ1v) is 9.07. The Morgan fingerprint density at radius 2 is 1.78 bits per heavy atom. The summed E-state index contributed by atoms with van der Waals surface area (Å²) in [5.41, 5.74) is -1.66. The van der Waals surface area contributed by atoms with E-state index in [0.29, 0.717) is 6.07 Å². The Labute approximate surface area is 183 Å². The van der Waals surface area contributed by atoms with Crippen LogP contribution in [0.2, 0.25) is 5.02 Å². The second-order valence-corrected chi connectivity index (χ2v) is 6.56. The van der Waals surface area contributed by atoms with Crippen LogP contribution in [-0.4, -0.2) is 28.0 Å². The summed E-state index contributed by atoms with van der Waals surface area (Å²) in [5.74, 6) is -1.36. The van der Waals surface area contributed by atoms with Crippen LogP contribution < -0.4 is 10.6 Å². The zero-order valence-electron chi connectivity index (χ0n) is 16.1. The second kappa shape index (κ2) is 9.06. The molecule has 1 aromatic heterocycles. The van der Waals surface area contributed by atoms with Gasteiger partial charge >= 0.3 is 17.8 Å². The zero-order valence-corrected chi connectivity index (χ0v) is 16.9. The highest BCUT2D eigenvalue weighted by molar-refractivity contribution is 6.31. The summed E-state index contributed by atoms with van der Waals surface area (Å²) in [7, 11) is 1.18. The molecule has 0 saturated heterocycles. The Bertz CT molecular complexity index is 1190. The average molecular weight is 468 g/mol. The van der Waals surface area contributed by atoms with Gasteiger partial charge in [-0.05, 0) is 30.3 Å². The molecule has 2 aromatic carbocycles. The van der Waals surface area contributed by atoms with Crippen molar-refractivity contribution in [1.82, 2.24) is 9.97 Å². The summed E-state index contributed by atoms with van der Waals surface area (Å²) in [4.78, 5) is 30.5. The number of halogens is 4. The van der Waals surface area contributed by atoms with Gasteiger partial charge in [0.05, 0.1) is 33.9 Å². The number of para-hydroxylation sites is 1. The van der Waals surface area contributed by atoms with Crippen molar-refractivity contribution >= 4 is 46.3 Å². The number of alkyl halides is 3. The molecule has 0 atom stereocenters. The maximum Gasteiger partial charge on any atom is 0.417 e. The van der Waals surface area contributed by atoms with Crippen molar-refractivity contribution in [3.63, 3.8) is 0 Å². The molecular weight excluding hydrogens is 455 g/mol. The molecule has 2 N–H and O–H groups in total. The number of rotatable bonds is 6. The number of hydrogen-bond acceptors (Lipinski definition) is 8. The van der Waals surface area contributed by atoms with E-state index in [2.05, 4.69) is 25.3 Å². The Hall–Kier alpha value is -3.93. The molecule has 9 nitrogen and oxygen atoms in total. The van der Waals surface area contributed by atoms with Gasteiger partial charge in [-0.15, -0.1) is 0 Å². The smallest absolute Gasteiger partial charge is 0.417 e. The molecule has 0 saturated carbocycles. The molecule has 0 aliphatic rings. The van der Waals surface area contributed by atoms with Gasteiger partial charge in [-0.1, -0.05) is 23.7 Å². The fourth-order valence-corrected chi connectivity index (χ4v) is 2.92. The Balaban J connectivity index is 2.02. The van der Waals surface area contributed by atoms with Crippen LogP contribution in [0.4, 0.5) is 41.9 Å². The topological polar surface area (TPSA) is 119 Å². The van der Waals surface area contributed by atoms with Gasteiger partial charge < -0.3 is 15.4 Å². The maximum absolute atomic E-state index is 13.1. The van der Waals surface area contributed by atoms with Crippen LogP contribution in [0.3, 0.4) is 0 Å². The quantitative estimate of drug-likeness (QED) is 0.283. The number of nitro groups is 1. The molecular formula is C19H13ClF3N5O4. The fourth-order valence-electron chi connectivity index (χ4n) is 2.70. The summed E-state index contributed by atoms with van der Waals surface area (Å²) >= 11 is 5.60. The van der Waals surface area contributed by atoms with E-state index >= 15 is 0 Å². The molecule has 0 bridgehead atoms. The number of benzene rings is 2. The number of carbonyl (C=O) groups excluding carboxylic acids is 1. The summed E-state index contributed by atoms with van der Waals surface area (Å²) in [6, 6.07) is 8.97. The highest BCUT2D eigenvalue weighted by Crippen LogP contribution is 2.38. The van der Waals surface area contributed by atoms with Crippen LogP contribution in [0, 0.1) is 10.1 Å². The predicted molar refractivity (Wildman–Crippen MR) is 109 cm³/mol. The first-order chi connectivity index (χ1) is 15.1.